The Hall–Kier alpha value is -2.32. The fraction of sp³-hybridized carbons (Fsp3) is 0.780. The minimum absolute atomic E-state index is 0.0155. The van der Waals surface area contributed by atoms with Crippen LogP contribution >= 0.6 is 0 Å². The van der Waals surface area contributed by atoms with Crippen molar-refractivity contribution in [2.24, 2.45) is 23.7 Å². The summed E-state index contributed by atoms with van der Waals surface area (Å²) in [5.41, 5.74) is 0.0634. The predicted molar refractivity (Wildman–Crippen MR) is 245 cm³/mol. The second kappa shape index (κ2) is 21.0. The molecule has 4 saturated heterocycles. The zero-order valence-corrected chi connectivity index (χ0v) is 41.5. The lowest BCUT2D eigenvalue weighted by Crippen LogP contribution is -2.58. The van der Waals surface area contributed by atoms with E-state index in [1.54, 1.807) is 40.0 Å². The summed E-state index contributed by atoms with van der Waals surface area (Å²) in [6.07, 6.45) is 8.08. The van der Waals surface area contributed by atoms with E-state index in [9.17, 15) is 23.4 Å². The molecule has 0 aromatic rings. The number of esters is 1. The summed E-state index contributed by atoms with van der Waals surface area (Å²) in [5, 5.41) is 23.0. The van der Waals surface area contributed by atoms with Gasteiger partial charge in [-0.1, -0.05) is 77.5 Å². The summed E-state index contributed by atoms with van der Waals surface area (Å²) >= 11 is 0. The smallest absolute Gasteiger partial charge is 0.316 e. The molecule has 7 aliphatic rings. The van der Waals surface area contributed by atoms with E-state index < -0.39 is 112 Å². The number of rotatable bonds is 10. The van der Waals surface area contributed by atoms with Gasteiger partial charge < -0.3 is 57.6 Å². The van der Waals surface area contributed by atoms with E-state index in [-0.39, 0.29) is 49.1 Å². The second-order valence-electron chi connectivity index (χ2n) is 19.9. The highest BCUT2D eigenvalue weighted by Gasteiger charge is 2.60. The molecule has 0 aromatic carbocycles. The van der Waals surface area contributed by atoms with Gasteiger partial charge in [0.15, 0.2) is 28.2 Å². The first kappa shape index (κ1) is 51.5. The second-order valence-corrected chi connectivity index (χ2v) is 22.3. The monoisotopic (exact) mass is 948 g/mol. The SMILES string of the molecule is CCC(C)[C@H]1O[C@]2(C=C[C@@H]1C)C[C@@H]1C[C@@H](C/C=C(\C)[C@@H](O[C@H]3C[C@H](OC)[C@@H](O[C@H]4C[C@H](OC)[C@H](S(=O)(=O)CC)[C@H](C)O4)[C@H](C)O3)[C@@H](C)/C=C/C=C3\CO[C@@H]4[C@H](O)C(C)=C[C@@H](C(=O)O1)[C@]34O)O2. The number of hydrogen-bond acceptors (Lipinski definition) is 15. The maximum atomic E-state index is 14.4. The van der Waals surface area contributed by atoms with Crippen LogP contribution in [0, 0.1) is 23.7 Å². The molecule has 0 aromatic heterocycles. The highest BCUT2D eigenvalue weighted by atomic mass is 32.2. The molecule has 66 heavy (non-hydrogen) atoms. The molecule has 1 spiro atoms. The summed E-state index contributed by atoms with van der Waals surface area (Å²) < 4.78 is 90.1. The fourth-order valence-corrected chi connectivity index (χ4v) is 13.0. The van der Waals surface area contributed by atoms with Crippen molar-refractivity contribution in [1.82, 2.24) is 0 Å². The van der Waals surface area contributed by atoms with Gasteiger partial charge in [-0.2, -0.15) is 0 Å². The molecule has 1 aliphatic carbocycles. The van der Waals surface area contributed by atoms with E-state index in [2.05, 4.69) is 32.9 Å². The predicted octanol–water partition coefficient (Wildman–Crippen LogP) is 5.82. The van der Waals surface area contributed by atoms with Gasteiger partial charge in [0.05, 0.1) is 49.3 Å². The number of methoxy groups -OCH3 is 2. The lowest BCUT2D eigenvalue weighted by molar-refractivity contribution is -0.309. The molecule has 7 rings (SSSR count). The van der Waals surface area contributed by atoms with Crippen LogP contribution in [-0.4, -0.2) is 148 Å². The van der Waals surface area contributed by atoms with Gasteiger partial charge in [0, 0.05) is 57.5 Å². The maximum Gasteiger partial charge on any atom is 0.316 e. The van der Waals surface area contributed by atoms with Crippen LogP contribution < -0.4 is 0 Å². The lowest BCUT2D eigenvalue weighted by atomic mass is 9.71. The number of hydrogen-bond donors (Lipinski definition) is 2. The van der Waals surface area contributed by atoms with Crippen LogP contribution in [0.4, 0.5) is 0 Å². The maximum absolute atomic E-state index is 14.4. The van der Waals surface area contributed by atoms with Gasteiger partial charge in [0.1, 0.15) is 41.2 Å². The molecule has 6 aliphatic heterocycles. The van der Waals surface area contributed by atoms with Gasteiger partial charge in [0.2, 0.25) is 0 Å². The minimum Gasteiger partial charge on any atom is -0.462 e. The number of fused-ring (bicyclic) bond motifs is 2. The Morgan fingerprint density at radius 1 is 0.894 bits per heavy atom. The van der Waals surface area contributed by atoms with Crippen molar-refractivity contribution in [3.05, 3.63) is 59.3 Å². The topological polar surface area (TPSA) is 184 Å². The molecule has 15 nitrogen and oxygen atoms in total. The Labute approximate surface area is 392 Å². The van der Waals surface area contributed by atoms with Crippen molar-refractivity contribution in [3.63, 3.8) is 0 Å². The molecule has 1 unspecified atom stereocenters. The average molecular weight is 949 g/mol. The van der Waals surface area contributed by atoms with Crippen molar-refractivity contribution >= 4 is 15.8 Å². The first-order valence-electron chi connectivity index (χ1n) is 24.2. The quantitative estimate of drug-likeness (QED) is 0.197. The third-order valence-corrected chi connectivity index (χ3v) is 17.6. The van der Waals surface area contributed by atoms with Crippen LogP contribution in [0.3, 0.4) is 0 Å². The first-order chi connectivity index (χ1) is 31.3. The summed E-state index contributed by atoms with van der Waals surface area (Å²) in [6.45, 7) is 17.5. The molecule has 6 heterocycles. The van der Waals surface area contributed by atoms with Gasteiger partial charge in [0.25, 0.3) is 0 Å². The average Bonchev–Trinajstić information content (AvgIpc) is 3.62. The molecule has 2 N–H and O–H groups in total. The van der Waals surface area contributed by atoms with E-state index >= 15 is 0 Å². The number of sulfone groups is 1. The lowest BCUT2D eigenvalue weighted by Gasteiger charge is -2.48. The van der Waals surface area contributed by atoms with Crippen molar-refractivity contribution in [2.45, 2.75) is 197 Å². The molecule has 20 atom stereocenters. The van der Waals surface area contributed by atoms with Crippen LogP contribution in [-0.2, 0) is 62.0 Å². The molecule has 0 radical (unpaired) electrons. The van der Waals surface area contributed by atoms with E-state index in [1.807, 2.05) is 39.0 Å². The van der Waals surface area contributed by atoms with E-state index in [1.165, 1.54) is 7.11 Å². The number of allylic oxidation sites excluding steroid dienone is 2. The van der Waals surface area contributed by atoms with Gasteiger partial charge in [-0.05, 0) is 62.8 Å². The number of aliphatic hydroxyl groups is 2. The highest BCUT2D eigenvalue weighted by molar-refractivity contribution is 7.92. The Bertz CT molecular complexity index is 1980. The third-order valence-electron chi connectivity index (χ3n) is 15.3. The molecule has 16 heteroatoms. The van der Waals surface area contributed by atoms with Crippen LogP contribution in [0.1, 0.15) is 101 Å². The minimum atomic E-state index is -3.44. The Morgan fingerprint density at radius 2 is 1.59 bits per heavy atom. The van der Waals surface area contributed by atoms with Gasteiger partial charge >= 0.3 is 5.97 Å². The van der Waals surface area contributed by atoms with Crippen molar-refractivity contribution < 1.29 is 70.8 Å². The molecule has 2 bridgehead atoms. The number of carbonyl (C=O) groups excluding carboxylic acids is 1. The molecule has 0 saturated carbocycles. The van der Waals surface area contributed by atoms with Crippen molar-refractivity contribution in [2.75, 3.05) is 26.6 Å². The number of aliphatic hydroxyl groups excluding tert-OH is 1. The zero-order chi connectivity index (χ0) is 47.9. The molecule has 372 valence electrons. The highest BCUT2D eigenvalue weighted by Crippen LogP contribution is 2.47. The van der Waals surface area contributed by atoms with Crippen LogP contribution in [0.25, 0.3) is 0 Å². The molecule has 4 fully saturated rings. The molecular weight excluding hydrogens is 873 g/mol. The Kier molecular flexibility index (Phi) is 16.4. The summed E-state index contributed by atoms with van der Waals surface area (Å²) in [4.78, 5) is 14.4. The molecular formula is C50H76O15S. The first-order valence-corrected chi connectivity index (χ1v) is 25.9. The van der Waals surface area contributed by atoms with E-state index in [0.717, 1.165) is 12.0 Å². The standard InChI is InChI=1S/C50H76O15S/c1-12-27(3)44-30(6)19-20-49(65-44)25-36-22-35(64-49)18-17-29(5)43(28(4)15-14-16-34-26-58-47-42(51)31(7)21-37(48(52)61-36)50(34,47)53)62-40-23-38(56-10)45(32(8)59-40)63-41-24-39(57-11)46(33(9)60-41)66(54,55)13-2/h14-17,19-21,27-28,30,32-33,35-47,51,53H,12-13,18,22-26H2,1-11H3/b15-14+,29-17+,34-16+/t27?,28-,30-,32-,33-,35+,36-,37-,38-,39-,40-,41-,42+,43-,44+,45-,46+,47+,49+,50+/m0/s1. The summed E-state index contributed by atoms with van der Waals surface area (Å²) in [6, 6.07) is 0. The number of carbonyl (C=O) groups is 1. The third kappa shape index (κ3) is 10.4. The Morgan fingerprint density at radius 3 is 2.29 bits per heavy atom. The van der Waals surface area contributed by atoms with E-state index in [4.69, 9.17) is 47.4 Å². The zero-order valence-electron chi connectivity index (χ0n) is 40.7. The van der Waals surface area contributed by atoms with Crippen molar-refractivity contribution in [1.29, 1.82) is 0 Å². The normalized spacial score (nSPS) is 47.1. The van der Waals surface area contributed by atoms with Crippen molar-refractivity contribution in [3.8, 4) is 0 Å². The van der Waals surface area contributed by atoms with Gasteiger partial charge in [-0.25, -0.2) is 8.42 Å². The van der Waals surface area contributed by atoms with Gasteiger partial charge in [-0.15, -0.1) is 0 Å². The van der Waals surface area contributed by atoms with E-state index in [0.29, 0.717) is 30.4 Å². The molecule has 0 amide bonds. The van der Waals surface area contributed by atoms with Crippen LogP contribution in [0.15, 0.2) is 59.3 Å². The van der Waals surface area contributed by atoms with Crippen LogP contribution in [0.5, 0.6) is 0 Å². The Balaban J connectivity index is 1.16. The fourth-order valence-electron chi connectivity index (χ4n) is 11.3. The number of ether oxygens (including phenoxy) is 10. The van der Waals surface area contributed by atoms with Crippen LogP contribution in [0.2, 0.25) is 0 Å². The summed E-state index contributed by atoms with van der Waals surface area (Å²) in [7, 11) is -0.313. The van der Waals surface area contributed by atoms with Gasteiger partial charge in [-0.3, -0.25) is 4.79 Å². The largest absolute Gasteiger partial charge is 0.462 e. The summed E-state index contributed by atoms with van der Waals surface area (Å²) in [5.74, 6) is -2.68.